The number of hydrogen-bond donors (Lipinski definition) is 2. The number of amides is 2. The molecule has 5 heteroatoms. The average Bonchev–Trinajstić information content (AvgIpc) is 3.07. The van der Waals surface area contributed by atoms with Gasteiger partial charge in [0.05, 0.1) is 5.41 Å². The van der Waals surface area contributed by atoms with Crippen LogP contribution in [0.4, 0.5) is 5.69 Å². The molecule has 0 saturated heterocycles. The summed E-state index contributed by atoms with van der Waals surface area (Å²) < 4.78 is 0.969. The minimum atomic E-state index is -0.529. The van der Waals surface area contributed by atoms with Gasteiger partial charge in [0.15, 0.2) is 0 Å². The molecular weight excluding hydrogens is 380 g/mol. The van der Waals surface area contributed by atoms with Crippen molar-refractivity contribution >= 4 is 33.4 Å². The minimum absolute atomic E-state index is 0.0205. The van der Waals surface area contributed by atoms with E-state index in [-0.39, 0.29) is 5.91 Å². The molecule has 130 valence electrons. The molecule has 1 aliphatic carbocycles. The van der Waals surface area contributed by atoms with E-state index in [1.807, 2.05) is 30.3 Å². The predicted molar refractivity (Wildman–Crippen MR) is 103 cm³/mol. The second-order valence-corrected chi connectivity index (χ2v) is 7.51. The van der Waals surface area contributed by atoms with Crippen LogP contribution in [0.15, 0.2) is 46.9 Å². The van der Waals surface area contributed by atoms with Crippen molar-refractivity contribution in [2.75, 3.05) is 5.32 Å². The highest BCUT2D eigenvalue weighted by Crippen LogP contribution is 2.43. The number of nitrogens with two attached hydrogens (primary N) is 1. The Balaban J connectivity index is 1.96. The van der Waals surface area contributed by atoms with E-state index in [9.17, 15) is 9.59 Å². The first kappa shape index (κ1) is 17.7. The zero-order valence-corrected chi connectivity index (χ0v) is 15.7. The Morgan fingerprint density at radius 2 is 1.80 bits per heavy atom. The Bertz CT molecular complexity index is 826. The van der Waals surface area contributed by atoms with E-state index >= 15 is 0 Å². The first-order valence-corrected chi connectivity index (χ1v) is 9.20. The molecule has 0 atom stereocenters. The van der Waals surface area contributed by atoms with Gasteiger partial charge in [-0.25, -0.2) is 0 Å². The van der Waals surface area contributed by atoms with Crippen molar-refractivity contribution in [2.45, 2.75) is 38.0 Å². The Hall–Kier alpha value is -2.14. The van der Waals surface area contributed by atoms with E-state index in [2.05, 4.69) is 21.2 Å². The fraction of sp³-hybridized carbons (Fsp3) is 0.300. The van der Waals surface area contributed by atoms with Crippen LogP contribution in [0.1, 0.15) is 47.2 Å². The molecule has 2 aromatic carbocycles. The van der Waals surface area contributed by atoms with Gasteiger partial charge >= 0.3 is 0 Å². The number of primary amides is 1. The van der Waals surface area contributed by atoms with Crippen molar-refractivity contribution in [1.29, 1.82) is 0 Å². The van der Waals surface area contributed by atoms with Crippen LogP contribution in [-0.4, -0.2) is 11.8 Å². The number of halogens is 1. The van der Waals surface area contributed by atoms with Crippen LogP contribution in [0.5, 0.6) is 0 Å². The zero-order chi connectivity index (χ0) is 18.0. The molecule has 2 amide bonds. The number of carbonyl (C=O) groups is 2. The maximum absolute atomic E-state index is 13.2. The lowest BCUT2D eigenvalue weighted by molar-refractivity contribution is -0.121. The van der Waals surface area contributed by atoms with E-state index in [1.54, 1.807) is 19.1 Å². The van der Waals surface area contributed by atoms with Gasteiger partial charge in [0.25, 0.3) is 0 Å². The second-order valence-electron chi connectivity index (χ2n) is 6.60. The number of hydrogen-bond acceptors (Lipinski definition) is 2. The topological polar surface area (TPSA) is 72.2 Å². The van der Waals surface area contributed by atoms with Crippen molar-refractivity contribution < 1.29 is 9.59 Å². The standard InChI is InChI=1S/C20H21BrN2O2/c1-13-16(18(22)24)8-5-9-17(13)23-19(25)20(10-2-3-11-20)14-6-4-7-15(21)12-14/h4-9,12H,2-3,10-11H2,1H3,(H2,22,24)(H,23,25). The monoisotopic (exact) mass is 400 g/mol. The van der Waals surface area contributed by atoms with Gasteiger partial charge in [0, 0.05) is 15.7 Å². The zero-order valence-electron chi connectivity index (χ0n) is 14.1. The largest absolute Gasteiger partial charge is 0.366 e. The third-order valence-electron chi connectivity index (χ3n) is 5.12. The van der Waals surface area contributed by atoms with Gasteiger partial charge in [-0.15, -0.1) is 0 Å². The van der Waals surface area contributed by atoms with Gasteiger partial charge in [-0.1, -0.05) is 47.0 Å². The normalized spacial score (nSPS) is 15.8. The molecule has 1 fully saturated rings. The van der Waals surface area contributed by atoms with Crippen LogP contribution in [0.3, 0.4) is 0 Å². The predicted octanol–water partition coefficient (Wildman–Crippen LogP) is 4.31. The molecule has 0 heterocycles. The highest BCUT2D eigenvalue weighted by molar-refractivity contribution is 9.10. The van der Waals surface area contributed by atoms with Crippen molar-refractivity contribution in [3.63, 3.8) is 0 Å². The Morgan fingerprint density at radius 3 is 2.44 bits per heavy atom. The molecule has 25 heavy (non-hydrogen) atoms. The maximum Gasteiger partial charge on any atom is 0.249 e. The lowest BCUT2D eigenvalue weighted by Gasteiger charge is -2.29. The molecule has 3 rings (SSSR count). The smallest absolute Gasteiger partial charge is 0.249 e. The average molecular weight is 401 g/mol. The SMILES string of the molecule is Cc1c(NC(=O)C2(c3cccc(Br)c3)CCCC2)cccc1C(N)=O. The van der Waals surface area contributed by atoms with Crippen LogP contribution < -0.4 is 11.1 Å². The summed E-state index contributed by atoms with van der Waals surface area (Å²) in [5.74, 6) is -0.510. The van der Waals surface area contributed by atoms with E-state index in [4.69, 9.17) is 5.73 Å². The molecule has 0 unspecified atom stereocenters. The Morgan fingerprint density at radius 1 is 1.12 bits per heavy atom. The summed E-state index contributed by atoms with van der Waals surface area (Å²) in [6.45, 7) is 1.80. The molecule has 2 aromatic rings. The molecule has 3 N–H and O–H groups in total. The van der Waals surface area contributed by atoms with Crippen LogP contribution in [0, 0.1) is 6.92 Å². The van der Waals surface area contributed by atoms with Gasteiger partial charge in [-0.3, -0.25) is 9.59 Å². The van der Waals surface area contributed by atoms with Gasteiger partial charge in [0.1, 0.15) is 0 Å². The number of benzene rings is 2. The van der Waals surface area contributed by atoms with Gasteiger partial charge in [0.2, 0.25) is 11.8 Å². The molecule has 0 aromatic heterocycles. The summed E-state index contributed by atoms with van der Waals surface area (Å²) in [6, 6.07) is 13.2. The van der Waals surface area contributed by atoms with Crippen LogP contribution >= 0.6 is 15.9 Å². The van der Waals surface area contributed by atoms with Crippen molar-refractivity contribution in [3.8, 4) is 0 Å². The first-order valence-electron chi connectivity index (χ1n) is 8.41. The number of nitrogens with one attached hydrogen (secondary N) is 1. The maximum atomic E-state index is 13.2. The third-order valence-corrected chi connectivity index (χ3v) is 5.61. The molecule has 0 spiro atoms. The van der Waals surface area contributed by atoms with Crippen molar-refractivity contribution in [2.24, 2.45) is 5.73 Å². The number of carbonyl (C=O) groups excluding carboxylic acids is 2. The van der Waals surface area contributed by atoms with Gasteiger partial charge in [-0.2, -0.15) is 0 Å². The van der Waals surface area contributed by atoms with E-state index in [0.717, 1.165) is 35.7 Å². The number of rotatable bonds is 4. The van der Waals surface area contributed by atoms with Gasteiger partial charge in [-0.05, 0) is 55.2 Å². The Kier molecular flexibility index (Phi) is 4.95. The molecule has 0 aliphatic heterocycles. The molecule has 0 radical (unpaired) electrons. The molecule has 1 aliphatic rings. The summed E-state index contributed by atoms with van der Waals surface area (Å²) in [5.41, 5.74) is 7.69. The first-order chi connectivity index (χ1) is 11.9. The van der Waals surface area contributed by atoms with Crippen LogP contribution in [0.25, 0.3) is 0 Å². The number of anilines is 1. The molecule has 0 bridgehead atoms. The summed E-state index contributed by atoms with van der Waals surface area (Å²) in [7, 11) is 0. The van der Waals surface area contributed by atoms with Gasteiger partial charge < -0.3 is 11.1 Å². The fourth-order valence-corrected chi connectivity index (χ4v) is 4.09. The molecule has 4 nitrogen and oxygen atoms in total. The summed E-state index contributed by atoms with van der Waals surface area (Å²) in [5, 5.41) is 3.04. The highest BCUT2D eigenvalue weighted by atomic mass is 79.9. The fourth-order valence-electron chi connectivity index (χ4n) is 3.69. The lowest BCUT2D eigenvalue weighted by atomic mass is 9.78. The van der Waals surface area contributed by atoms with Crippen molar-refractivity contribution in [3.05, 3.63) is 63.6 Å². The quantitative estimate of drug-likeness (QED) is 0.802. The van der Waals surface area contributed by atoms with E-state index in [0.29, 0.717) is 16.8 Å². The van der Waals surface area contributed by atoms with E-state index < -0.39 is 11.3 Å². The second kappa shape index (κ2) is 7.00. The Labute approximate surface area is 155 Å². The van der Waals surface area contributed by atoms with Crippen LogP contribution in [0.2, 0.25) is 0 Å². The van der Waals surface area contributed by atoms with Crippen LogP contribution in [-0.2, 0) is 10.2 Å². The minimum Gasteiger partial charge on any atom is -0.366 e. The lowest BCUT2D eigenvalue weighted by Crippen LogP contribution is -2.38. The molecule has 1 saturated carbocycles. The van der Waals surface area contributed by atoms with E-state index in [1.165, 1.54) is 0 Å². The molecular formula is C20H21BrN2O2. The van der Waals surface area contributed by atoms with Crippen molar-refractivity contribution in [1.82, 2.24) is 0 Å². The summed E-state index contributed by atoms with van der Waals surface area (Å²) in [6.07, 6.45) is 3.70. The highest BCUT2D eigenvalue weighted by Gasteiger charge is 2.42. The third kappa shape index (κ3) is 3.33. The summed E-state index contributed by atoms with van der Waals surface area (Å²) in [4.78, 5) is 24.8. The summed E-state index contributed by atoms with van der Waals surface area (Å²) >= 11 is 3.50.